The molecule has 31 heavy (non-hydrogen) atoms. The molecule has 1 heterocycles. The molecule has 1 aromatic heterocycles. The first-order valence-electron chi connectivity index (χ1n) is 9.77. The van der Waals surface area contributed by atoms with E-state index in [1.807, 2.05) is 60.7 Å². The smallest absolute Gasteiger partial charge is 0.364 e. The number of rotatable bonds is 7. The Labute approximate surface area is 178 Å². The Balaban J connectivity index is 1.62. The molecule has 0 aliphatic heterocycles. The van der Waals surface area contributed by atoms with Crippen molar-refractivity contribution in [3.8, 4) is 28.3 Å². The van der Waals surface area contributed by atoms with Gasteiger partial charge in [-0.05, 0) is 12.1 Å². The molecule has 0 aliphatic carbocycles. The van der Waals surface area contributed by atoms with E-state index in [9.17, 15) is 14.3 Å². The van der Waals surface area contributed by atoms with E-state index < -0.39 is 17.6 Å². The van der Waals surface area contributed by atoms with E-state index in [1.165, 1.54) is 12.1 Å². The minimum Gasteiger partial charge on any atom is -0.488 e. The van der Waals surface area contributed by atoms with Crippen LogP contribution in [0.4, 0.5) is 4.39 Å². The van der Waals surface area contributed by atoms with E-state index in [0.29, 0.717) is 11.4 Å². The number of aliphatic hydroxyl groups excluding tert-OH is 1. The predicted molar refractivity (Wildman–Crippen MR) is 115 cm³/mol. The Kier molecular flexibility index (Phi) is 6.14. The fourth-order valence-corrected chi connectivity index (χ4v) is 3.12. The molecular weight excluding hydrogens is 397 g/mol. The number of hydrogen-bond acceptors (Lipinski definition) is 5. The zero-order valence-electron chi connectivity index (χ0n) is 16.6. The van der Waals surface area contributed by atoms with Crippen molar-refractivity contribution < 1.29 is 14.2 Å². The molecule has 1 atom stereocenters. The first-order valence-corrected chi connectivity index (χ1v) is 9.77. The molecule has 6 nitrogen and oxygen atoms in total. The largest absolute Gasteiger partial charge is 0.488 e. The van der Waals surface area contributed by atoms with E-state index >= 15 is 0 Å². The first-order chi connectivity index (χ1) is 15.1. The van der Waals surface area contributed by atoms with Crippen molar-refractivity contribution in [2.24, 2.45) is 0 Å². The number of ether oxygens (including phenoxy) is 1. The Morgan fingerprint density at radius 3 is 2.10 bits per heavy atom. The lowest BCUT2D eigenvalue weighted by Crippen LogP contribution is -2.34. The van der Waals surface area contributed by atoms with Gasteiger partial charge in [0.05, 0.1) is 6.54 Å². The highest BCUT2D eigenvalue weighted by atomic mass is 19.1. The molecule has 4 aromatic rings. The van der Waals surface area contributed by atoms with Crippen LogP contribution in [0.15, 0.2) is 89.7 Å². The molecule has 0 saturated carbocycles. The van der Waals surface area contributed by atoms with E-state index in [4.69, 9.17) is 4.74 Å². The van der Waals surface area contributed by atoms with Gasteiger partial charge in [0.1, 0.15) is 24.1 Å². The third-order valence-electron chi connectivity index (χ3n) is 4.62. The maximum absolute atomic E-state index is 13.7. The van der Waals surface area contributed by atoms with Crippen molar-refractivity contribution in [3.63, 3.8) is 0 Å². The van der Waals surface area contributed by atoms with Gasteiger partial charge in [0.15, 0.2) is 11.6 Å². The van der Waals surface area contributed by atoms with Gasteiger partial charge in [-0.1, -0.05) is 72.8 Å². The summed E-state index contributed by atoms with van der Waals surface area (Å²) in [6.07, 6.45) is -1.09. The van der Waals surface area contributed by atoms with Crippen molar-refractivity contribution in [3.05, 3.63) is 101 Å². The summed E-state index contributed by atoms with van der Waals surface area (Å²) in [5, 5.41) is 14.8. The lowest BCUT2D eigenvalue weighted by atomic mass is 10.0. The Morgan fingerprint density at radius 1 is 0.871 bits per heavy atom. The third kappa shape index (κ3) is 4.84. The van der Waals surface area contributed by atoms with E-state index in [2.05, 4.69) is 10.1 Å². The van der Waals surface area contributed by atoms with Gasteiger partial charge in [-0.25, -0.2) is 13.9 Å². The summed E-state index contributed by atoms with van der Waals surface area (Å²) in [4.78, 5) is 16.9. The van der Waals surface area contributed by atoms with Gasteiger partial charge in [0, 0.05) is 11.1 Å². The first kappa shape index (κ1) is 20.4. The molecule has 156 valence electrons. The zero-order valence-corrected chi connectivity index (χ0v) is 16.6. The van der Waals surface area contributed by atoms with Crippen LogP contribution in [0.5, 0.6) is 5.75 Å². The van der Waals surface area contributed by atoms with E-state index in [0.717, 1.165) is 15.8 Å². The lowest BCUT2D eigenvalue weighted by molar-refractivity contribution is 0.0857. The molecular formula is C24H20FN3O3. The predicted octanol–water partition coefficient (Wildman–Crippen LogP) is 3.55. The molecule has 0 amide bonds. The van der Waals surface area contributed by atoms with E-state index in [1.54, 1.807) is 12.1 Å². The molecule has 0 saturated heterocycles. The molecule has 7 heteroatoms. The van der Waals surface area contributed by atoms with Crippen molar-refractivity contribution in [2.45, 2.75) is 12.6 Å². The number of aliphatic hydroxyl groups is 1. The van der Waals surface area contributed by atoms with Crippen LogP contribution in [0.3, 0.4) is 0 Å². The van der Waals surface area contributed by atoms with Crippen LogP contribution in [0.25, 0.3) is 22.5 Å². The summed E-state index contributed by atoms with van der Waals surface area (Å²) in [5.74, 6) is -0.491. The monoisotopic (exact) mass is 417 g/mol. The van der Waals surface area contributed by atoms with Gasteiger partial charge in [-0.2, -0.15) is 10.1 Å². The average Bonchev–Trinajstić information content (AvgIpc) is 2.81. The van der Waals surface area contributed by atoms with Crippen molar-refractivity contribution in [1.29, 1.82) is 0 Å². The van der Waals surface area contributed by atoms with Crippen LogP contribution >= 0.6 is 0 Å². The maximum atomic E-state index is 13.7. The summed E-state index contributed by atoms with van der Waals surface area (Å²) < 4.78 is 20.1. The Hall–Kier alpha value is -3.84. The standard InChI is InChI=1S/C24H20FN3O3/c25-20-13-7-8-14-21(20)31-16-19(29)15-28-24(30)26-22(17-9-3-1-4-10-17)23(27-28)18-11-5-2-6-12-18/h1-14,19,29H,15-16H2/t19-/m0/s1. The number of aromatic nitrogens is 3. The van der Waals surface area contributed by atoms with Crippen LogP contribution in [0.2, 0.25) is 0 Å². The molecule has 3 aromatic carbocycles. The number of benzene rings is 3. The van der Waals surface area contributed by atoms with Crippen molar-refractivity contribution in [2.75, 3.05) is 6.61 Å². The van der Waals surface area contributed by atoms with Crippen molar-refractivity contribution >= 4 is 0 Å². The van der Waals surface area contributed by atoms with Crippen LogP contribution in [-0.2, 0) is 6.54 Å². The summed E-state index contributed by atoms with van der Waals surface area (Å²) in [6.45, 7) is -0.342. The normalized spacial score (nSPS) is 11.8. The third-order valence-corrected chi connectivity index (χ3v) is 4.62. The number of nitrogens with zero attached hydrogens (tertiary/aromatic N) is 3. The highest BCUT2D eigenvalue weighted by Crippen LogP contribution is 2.27. The minimum absolute atomic E-state index is 0.0318. The van der Waals surface area contributed by atoms with Crippen LogP contribution < -0.4 is 10.4 Å². The van der Waals surface area contributed by atoms with Gasteiger partial charge in [-0.15, -0.1) is 0 Å². The second-order valence-corrected chi connectivity index (χ2v) is 6.90. The average molecular weight is 417 g/mol. The van der Waals surface area contributed by atoms with Crippen LogP contribution in [-0.4, -0.2) is 32.6 Å². The molecule has 0 bridgehead atoms. The topological polar surface area (TPSA) is 77.2 Å². The molecule has 0 radical (unpaired) electrons. The molecule has 0 unspecified atom stereocenters. The summed E-state index contributed by atoms with van der Waals surface area (Å²) in [7, 11) is 0. The van der Waals surface area contributed by atoms with E-state index in [-0.39, 0.29) is 18.9 Å². The fraction of sp³-hybridized carbons (Fsp3) is 0.125. The summed E-state index contributed by atoms with van der Waals surface area (Å²) >= 11 is 0. The summed E-state index contributed by atoms with van der Waals surface area (Å²) in [6, 6.07) is 24.6. The maximum Gasteiger partial charge on any atom is 0.364 e. The highest BCUT2D eigenvalue weighted by Gasteiger charge is 2.17. The zero-order chi connectivity index (χ0) is 21.6. The summed E-state index contributed by atoms with van der Waals surface area (Å²) in [5.41, 5.74) is 1.95. The lowest BCUT2D eigenvalue weighted by Gasteiger charge is -2.15. The molecule has 1 N–H and O–H groups in total. The second-order valence-electron chi connectivity index (χ2n) is 6.90. The number of para-hydroxylation sites is 1. The fourth-order valence-electron chi connectivity index (χ4n) is 3.12. The molecule has 0 spiro atoms. The number of hydrogen-bond donors (Lipinski definition) is 1. The minimum atomic E-state index is -1.09. The van der Waals surface area contributed by atoms with Gasteiger partial charge >= 0.3 is 5.69 Å². The SMILES string of the molecule is O=c1nc(-c2ccccc2)c(-c2ccccc2)nn1C[C@H](O)COc1ccccc1F. The van der Waals surface area contributed by atoms with Crippen LogP contribution in [0, 0.1) is 5.82 Å². The highest BCUT2D eigenvalue weighted by molar-refractivity contribution is 5.77. The molecule has 4 rings (SSSR count). The van der Waals surface area contributed by atoms with Gasteiger partial charge in [0.2, 0.25) is 0 Å². The van der Waals surface area contributed by atoms with Crippen molar-refractivity contribution in [1.82, 2.24) is 14.8 Å². The molecule has 0 aliphatic rings. The Morgan fingerprint density at radius 2 is 1.45 bits per heavy atom. The Bertz CT molecular complexity index is 1210. The van der Waals surface area contributed by atoms with Gasteiger partial charge in [-0.3, -0.25) is 0 Å². The number of halogens is 1. The van der Waals surface area contributed by atoms with Gasteiger partial charge < -0.3 is 9.84 Å². The quantitative estimate of drug-likeness (QED) is 0.498. The van der Waals surface area contributed by atoms with Crippen LogP contribution in [0.1, 0.15) is 0 Å². The molecule has 0 fully saturated rings. The second kappa shape index (κ2) is 9.32. The van der Waals surface area contributed by atoms with Gasteiger partial charge in [0.25, 0.3) is 0 Å².